The van der Waals surface area contributed by atoms with Gasteiger partial charge in [0.1, 0.15) is 0 Å². The first kappa shape index (κ1) is 6.80. The van der Waals surface area contributed by atoms with Crippen LogP contribution < -0.4 is 5.73 Å². The van der Waals surface area contributed by atoms with Crippen LogP contribution in [0.15, 0.2) is 18.5 Å². The van der Waals surface area contributed by atoms with E-state index in [1.807, 2.05) is 18.5 Å². The molecule has 1 atom stereocenters. The highest BCUT2D eigenvalue weighted by Crippen LogP contribution is 2.26. The van der Waals surface area contributed by atoms with Crippen LogP contribution in [-0.2, 0) is 6.42 Å². The molecule has 2 heteroatoms. The van der Waals surface area contributed by atoms with Gasteiger partial charge in [0, 0.05) is 18.4 Å². The second-order valence-corrected chi connectivity index (χ2v) is 3.07. The van der Waals surface area contributed by atoms with E-state index < -0.39 is 0 Å². The van der Waals surface area contributed by atoms with Crippen molar-refractivity contribution in [2.45, 2.75) is 25.3 Å². The highest BCUT2D eigenvalue weighted by molar-refractivity contribution is 5.28. The van der Waals surface area contributed by atoms with E-state index in [4.69, 9.17) is 5.73 Å². The molecule has 2 N–H and O–H groups in total. The van der Waals surface area contributed by atoms with E-state index in [1.54, 1.807) is 0 Å². The molecule has 0 aromatic carbocycles. The molecule has 0 amide bonds. The summed E-state index contributed by atoms with van der Waals surface area (Å²) in [7, 11) is 0. The summed E-state index contributed by atoms with van der Waals surface area (Å²) in [4.78, 5) is 4.08. The third kappa shape index (κ3) is 1.14. The first-order valence-electron chi connectivity index (χ1n) is 4.06. The van der Waals surface area contributed by atoms with Crippen molar-refractivity contribution in [2.24, 2.45) is 5.73 Å². The Kier molecular flexibility index (Phi) is 1.62. The maximum Gasteiger partial charge on any atom is 0.0303 e. The number of hydrogen-bond donors (Lipinski definition) is 1. The fraction of sp³-hybridized carbons (Fsp3) is 0.444. The van der Waals surface area contributed by atoms with E-state index in [1.165, 1.54) is 17.5 Å². The Morgan fingerprint density at radius 3 is 3.27 bits per heavy atom. The number of aromatic nitrogens is 1. The molecule has 1 aliphatic rings. The predicted molar refractivity (Wildman–Crippen MR) is 44.1 cm³/mol. The molecular formula is C9H12N2. The Labute approximate surface area is 66.4 Å². The van der Waals surface area contributed by atoms with Crippen molar-refractivity contribution in [3.05, 3.63) is 29.6 Å². The number of aryl methyl sites for hydroxylation is 1. The molecule has 0 spiro atoms. The van der Waals surface area contributed by atoms with E-state index >= 15 is 0 Å². The Morgan fingerprint density at radius 1 is 1.55 bits per heavy atom. The predicted octanol–water partition coefficient (Wildman–Crippen LogP) is 1.42. The van der Waals surface area contributed by atoms with Gasteiger partial charge in [0.25, 0.3) is 0 Å². The molecule has 58 valence electrons. The van der Waals surface area contributed by atoms with Crippen molar-refractivity contribution >= 4 is 0 Å². The zero-order chi connectivity index (χ0) is 7.68. The summed E-state index contributed by atoms with van der Waals surface area (Å²) in [5, 5.41) is 0. The van der Waals surface area contributed by atoms with E-state index in [9.17, 15) is 0 Å². The zero-order valence-electron chi connectivity index (χ0n) is 6.46. The highest BCUT2D eigenvalue weighted by Gasteiger charge is 2.15. The Balaban J connectivity index is 2.44. The maximum atomic E-state index is 5.92. The highest BCUT2D eigenvalue weighted by atomic mass is 14.7. The van der Waals surface area contributed by atoms with Crippen LogP contribution in [0, 0.1) is 0 Å². The first-order valence-corrected chi connectivity index (χ1v) is 4.06. The SMILES string of the molecule is N[C@@H]1CCCc2cnccc21. The second kappa shape index (κ2) is 2.62. The van der Waals surface area contributed by atoms with Gasteiger partial charge < -0.3 is 5.73 Å². The molecule has 1 aromatic heterocycles. The van der Waals surface area contributed by atoms with Gasteiger partial charge >= 0.3 is 0 Å². The molecule has 0 saturated carbocycles. The number of rotatable bonds is 0. The van der Waals surface area contributed by atoms with Gasteiger partial charge in [0.15, 0.2) is 0 Å². The van der Waals surface area contributed by atoms with E-state index in [0.29, 0.717) is 0 Å². The molecule has 0 radical (unpaired) electrons. The van der Waals surface area contributed by atoms with Crippen molar-refractivity contribution in [3.8, 4) is 0 Å². The minimum atomic E-state index is 0.252. The van der Waals surface area contributed by atoms with Crippen molar-refractivity contribution in [1.82, 2.24) is 4.98 Å². The first-order chi connectivity index (χ1) is 5.38. The second-order valence-electron chi connectivity index (χ2n) is 3.07. The fourth-order valence-electron chi connectivity index (χ4n) is 1.68. The maximum absolute atomic E-state index is 5.92. The number of pyridine rings is 1. The lowest BCUT2D eigenvalue weighted by Gasteiger charge is -2.20. The third-order valence-electron chi connectivity index (χ3n) is 2.30. The Bertz CT molecular complexity index is 257. The van der Waals surface area contributed by atoms with Crippen LogP contribution in [-0.4, -0.2) is 4.98 Å². The summed E-state index contributed by atoms with van der Waals surface area (Å²) >= 11 is 0. The molecule has 0 unspecified atom stereocenters. The largest absolute Gasteiger partial charge is 0.324 e. The molecule has 0 fully saturated rings. The van der Waals surface area contributed by atoms with E-state index in [2.05, 4.69) is 4.98 Å². The van der Waals surface area contributed by atoms with Gasteiger partial charge in [-0.25, -0.2) is 0 Å². The lowest BCUT2D eigenvalue weighted by molar-refractivity contribution is 0.568. The fourth-order valence-corrected chi connectivity index (χ4v) is 1.68. The molecule has 1 aliphatic carbocycles. The van der Waals surface area contributed by atoms with Gasteiger partial charge in [-0.15, -0.1) is 0 Å². The molecule has 0 saturated heterocycles. The van der Waals surface area contributed by atoms with Crippen molar-refractivity contribution in [3.63, 3.8) is 0 Å². The van der Waals surface area contributed by atoms with Crippen LogP contribution in [0.1, 0.15) is 30.0 Å². The average Bonchev–Trinajstić information content (AvgIpc) is 2.06. The third-order valence-corrected chi connectivity index (χ3v) is 2.30. The zero-order valence-corrected chi connectivity index (χ0v) is 6.46. The van der Waals surface area contributed by atoms with E-state index in [0.717, 1.165) is 12.8 Å². The monoisotopic (exact) mass is 148 g/mol. The molecule has 0 bridgehead atoms. The average molecular weight is 148 g/mol. The van der Waals surface area contributed by atoms with Crippen molar-refractivity contribution in [1.29, 1.82) is 0 Å². The number of nitrogens with zero attached hydrogens (tertiary/aromatic N) is 1. The van der Waals surface area contributed by atoms with Gasteiger partial charge in [0.2, 0.25) is 0 Å². The van der Waals surface area contributed by atoms with Gasteiger partial charge in [-0.3, -0.25) is 4.98 Å². The molecule has 0 aliphatic heterocycles. The summed E-state index contributed by atoms with van der Waals surface area (Å²) in [6, 6.07) is 2.29. The van der Waals surface area contributed by atoms with E-state index in [-0.39, 0.29) is 6.04 Å². The van der Waals surface area contributed by atoms with Crippen LogP contribution in [0.25, 0.3) is 0 Å². The minimum absolute atomic E-state index is 0.252. The van der Waals surface area contributed by atoms with Gasteiger partial charge in [-0.05, 0) is 36.5 Å². The lowest BCUT2D eigenvalue weighted by Crippen LogP contribution is -2.17. The number of nitrogens with two attached hydrogens (primary N) is 1. The quantitative estimate of drug-likeness (QED) is 0.604. The topological polar surface area (TPSA) is 38.9 Å². The van der Waals surface area contributed by atoms with Crippen LogP contribution in [0.5, 0.6) is 0 Å². The Hall–Kier alpha value is -0.890. The van der Waals surface area contributed by atoms with Crippen LogP contribution in [0.2, 0.25) is 0 Å². The molecule has 1 heterocycles. The molecule has 1 aromatic rings. The Morgan fingerprint density at radius 2 is 2.45 bits per heavy atom. The smallest absolute Gasteiger partial charge is 0.0303 e. The summed E-state index contributed by atoms with van der Waals surface area (Å²) in [6.07, 6.45) is 7.24. The van der Waals surface area contributed by atoms with Crippen molar-refractivity contribution < 1.29 is 0 Å². The molecular weight excluding hydrogens is 136 g/mol. The van der Waals surface area contributed by atoms with Crippen molar-refractivity contribution in [2.75, 3.05) is 0 Å². The summed E-state index contributed by atoms with van der Waals surface area (Å²) in [5.41, 5.74) is 8.56. The molecule has 2 nitrogen and oxygen atoms in total. The number of fused-ring (bicyclic) bond motifs is 1. The van der Waals surface area contributed by atoms with Crippen LogP contribution >= 0.6 is 0 Å². The normalized spacial score (nSPS) is 22.8. The minimum Gasteiger partial charge on any atom is -0.324 e. The summed E-state index contributed by atoms with van der Waals surface area (Å²) < 4.78 is 0. The van der Waals surface area contributed by atoms with Gasteiger partial charge in [-0.2, -0.15) is 0 Å². The number of hydrogen-bond acceptors (Lipinski definition) is 2. The van der Waals surface area contributed by atoms with Crippen LogP contribution in [0.4, 0.5) is 0 Å². The lowest BCUT2D eigenvalue weighted by atomic mass is 9.90. The van der Waals surface area contributed by atoms with Crippen LogP contribution in [0.3, 0.4) is 0 Å². The van der Waals surface area contributed by atoms with Gasteiger partial charge in [0.05, 0.1) is 0 Å². The summed E-state index contributed by atoms with van der Waals surface area (Å²) in [6.45, 7) is 0. The molecule has 2 rings (SSSR count). The molecule has 11 heavy (non-hydrogen) atoms. The summed E-state index contributed by atoms with van der Waals surface area (Å²) in [5.74, 6) is 0. The van der Waals surface area contributed by atoms with Gasteiger partial charge in [-0.1, -0.05) is 0 Å². The standard InChI is InChI=1S/C9H12N2/c10-9-3-1-2-7-6-11-5-4-8(7)9/h4-6,9H,1-3,10H2/t9-/m1/s1.